The molecule has 5 nitrogen and oxygen atoms in total. The highest BCUT2D eigenvalue weighted by Gasteiger charge is 2.53. The van der Waals surface area contributed by atoms with Gasteiger partial charge < -0.3 is 19.3 Å². The van der Waals surface area contributed by atoms with Crippen LogP contribution in [0.4, 0.5) is 17.1 Å². The lowest BCUT2D eigenvalue weighted by molar-refractivity contribution is 0.0224. The molecule has 1 spiro atoms. The van der Waals surface area contributed by atoms with E-state index in [1.165, 1.54) is 16.7 Å². The van der Waals surface area contributed by atoms with Crippen LogP contribution in [-0.4, -0.2) is 12.5 Å². The van der Waals surface area contributed by atoms with Crippen LogP contribution in [-0.2, 0) is 23.4 Å². The number of ether oxygens (including phenoxy) is 2. The quantitative estimate of drug-likeness (QED) is 0.157. The molecule has 1 unspecified atom stereocenters. The van der Waals surface area contributed by atoms with Crippen LogP contribution in [0, 0.1) is 6.92 Å². The number of anilines is 3. The van der Waals surface area contributed by atoms with Gasteiger partial charge in [-0.05, 0) is 73.5 Å². The maximum atomic E-state index is 13.6. The number of nitrogens with zero attached hydrogens (tertiary/aromatic N) is 2. The Labute approximate surface area is 281 Å². The van der Waals surface area contributed by atoms with E-state index in [1.807, 2.05) is 42.5 Å². The fourth-order valence-electron chi connectivity index (χ4n) is 7.10. The van der Waals surface area contributed by atoms with E-state index in [0.29, 0.717) is 30.2 Å². The van der Waals surface area contributed by atoms with Gasteiger partial charge in [0.1, 0.15) is 11.5 Å². The summed E-state index contributed by atoms with van der Waals surface area (Å²) in [6, 6.07) is 49.8. The fraction of sp³-hybridized carbons (Fsp3) is 0.140. The third-order valence-corrected chi connectivity index (χ3v) is 9.45. The predicted molar refractivity (Wildman–Crippen MR) is 191 cm³/mol. The summed E-state index contributed by atoms with van der Waals surface area (Å²) in [7, 11) is 0. The van der Waals surface area contributed by atoms with Gasteiger partial charge in [-0.1, -0.05) is 96.6 Å². The van der Waals surface area contributed by atoms with Crippen molar-refractivity contribution < 1.29 is 14.3 Å². The van der Waals surface area contributed by atoms with Crippen LogP contribution in [0.15, 0.2) is 146 Å². The average Bonchev–Trinajstić information content (AvgIpc) is 3.42. The first-order valence-electron chi connectivity index (χ1n) is 16.5. The average molecular weight is 629 g/mol. The van der Waals surface area contributed by atoms with E-state index in [1.54, 1.807) is 0 Å². The van der Waals surface area contributed by atoms with Gasteiger partial charge >= 0.3 is 5.97 Å². The van der Waals surface area contributed by atoms with Crippen molar-refractivity contribution in [1.82, 2.24) is 0 Å². The molecule has 0 N–H and O–H groups in total. The molecule has 0 aromatic heterocycles. The topological polar surface area (TPSA) is 42.0 Å². The number of carbonyl (C=O) groups excluding carboxylic acids is 1. The highest BCUT2D eigenvalue weighted by Crippen LogP contribution is 2.57. The summed E-state index contributed by atoms with van der Waals surface area (Å²) >= 11 is 0. The summed E-state index contributed by atoms with van der Waals surface area (Å²) in [6.07, 6.45) is 0. The summed E-state index contributed by atoms with van der Waals surface area (Å²) in [5, 5.41) is 0. The molecule has 5 heteroatoms. The molecule has 0 aliphatic carbocycles. The third-order valence-electron chi connectivity index (χ3n) is 9.45. The lowest BCUT2D eigenvalue weighted by Crippen LogP contribution is -2.33. The number of benzene rings is 6. The fourth-order valence-corrected chi connectivity index (χ4v) is 7.10. The molecule has 0 bridgehead atoms. The summed E-state index contributed by atoms with van der Waals surface area (Å²) in [6.45, 7) is 6.45. The van der Waals surface area contributed by atoms with Crippen molar-refractivity contribution in [3.63, 3.8) is 0 Å². The maximum absolute atomic E-state index is 13.6. The Kier molecular flexibility index (Phi) is 7.45. The van der Waals surface area contributed by atoms with E-state index in [-0.39, 0.29) is 5.97 Å². The lowest BCUT2D eigenvalue weighted by atomic mass is 9.77. The number of esters is 1. The molecule has 48 heavy (non-hydrogen) atoms. The summed E-state index contributed by atoms with van der Waals surface area (Å²) in [4.78, 5) is 18.2. The molecule has 0 saturated carbocycles. The normalized spacial score (nSPS) is 15.6. The molecule has 2 aliphatic rings. The van der Waals surface area contributed by atoms with Crippen LogP contribution in [0.2, 0.25) is 0 Å². The van der Waals surface area contributed by atoms with Crippen LogP contribution in [0.5, 0.6) is 11.5 Å². The van der Waals surface area contributed by atoms with Crippen LogP contribution in [0.25, 0.3) is 0 Å². The molecule has 0 saturated heterocycles. The first kappa shape index (κ1) is 29.6. The third kappa shape index (κ3) is 5.08. The van der Waals surface area contributed by atoms with Crippen molar-refractivity contribution in [2.45, 2.75) is 32.5 Å². The Balaban J connectivity index is 1.27. The van der Waals surface area contributed by atoms with Gasteiger partial charge in [0.25, 0.3) is 0 Å². The number of aryl methyl sites for hydroxylation is 1. The van der Waals surface area contributed by atoms with E-state index in [4.69, 9.17) is 9.47 Å². The van der Waals surface area contributed by atoms with E-state index in [0.717, 1.165) is 40.3 Å². The second kappa shape index (κ2) is 12.1. The molecule has 0 amide bonds. The Morgan fingerprint density at radius 3 is 1.90 bits per heavy atom. The number of carbonyl (C=O) groups is 1. The number of hydrogen-bond donors (Lipinski definition) is 0. The van der Waals surface area contributed by atoms with E-state index in [2.05, 4.69) is 127 Å². The Hall–Kier alpha value is -5.81. The first-order valence-corrected chi connectivity index (χ1v) is 16.5. The van der Waals surface area contributed by atoms with Gasteiger partial charge in [0.05, 0.1) is 5.56 Å². The molecule has 2 heterocycles. The Morgan fingerprint density at radius 1 is 0.583 bits per heavy atom. The molecule has 2 aliphatic heterocycles. The highest BCUT2D eigenvalue weighted by molar-refractivity contribution is 5.97. The maximum Gasteiger partial charge on any atom is 0.340 e. The van der Waals surface area contributed by atoms with Gasteiger partial charge in [0.15, 0.2) is 5.60 Å². The standard InChI is InChI=1S/C43H36N2O3/c1-3-45(33-20-18-30(2)19-21-33)35-22-24-38-41(27-35)47-40-25-23-34(26-39(40)43(38)37-17-11-10-16-36(37)42(46)48-43)44(28-31-12-6-4-7-13-31)29-32-14-8-5-9-15-32/h4-27H,3,28-29H2,1-2H3. The van der Waals surface area contributed by atoms with Crippen molar-refractivity contribution >= 4 is 23.0 Å². The van der Waals surface area contributed by atoms with Crippen LogP contribution >= 0.6 is 0 Å². The second-order valence-electron chi connectivity index (χ2n) is 12.5. The molecule has 1 atom stereocenters. The summed E-state index contributed by atoms with van der Waals surface area (Å²) in [5.41, 5.74) is 8.64. The first-order chi connectivity index (χ1) is 23.5. The minimum atomic E-state index is -1.16. The zero-order chi connectivity index (χ0) is 32.7. The molecule has 6 aromatic carbocycles. The monoisotopic (exact) mass is 628 g/mol. The van der Waals surface area contributed by atoms with Gasteiger partial charge in [-0.25, -0.2) is 4.79 Å². The highest BCUT2D eigenvalue weighted by atomic mass is 16.6. The van der Waals surface area contributed by atoms with Crippen LogP contribution in [0.1, 0.15) is 50.7 Å². The smallest absolute Gasteiger partial charge is 0.340 e. The summed E-state index contributed by atoms with van der Waals surface area (Å²) in [5.74, 6) is 1.01. The van der Waals surface area contributed by atoms with Crippen molar-refractivity contribution in [2.75, 3.05) is 16.3 Å². The zero-order valence-electron chi connectivity index (χ0n) is 27.1. The van der Waals surface area contributed by atoms with Gasteiger partial charge in [0.2, 0.25) is 0 Å². The summed E-state index contributed by atoms with van der Waals surface area (Å²) < 4.78 is 13.3. The number of rotatable bonds is 8. The van der Waals surface area contributed by atoms with Crippen molar-refractivity contribution in [2.24, 2.45) is 0 Å². The largest absolute Gasteiger partial charge is 0.456 e. The molecule has 0 radical (unpaired) electrons. The lowest BCUT2D eigenvalue weighted by Gasteiger charge is -2.38. The SMILES string of the molecule is CCN(c1ccc(C)cc1)c1ccc2c(c1)Oc1ccc(N(Cc3ccccc3)Cc3ccccc3)cc1C21OC(=O)c2ccccc21. The van der Waals surface area contributed by atoms with Gasteiger partial charge in [-0.3, -0.25) is 0 Å². The van der Waals surface area contributed by atoms with Gasteiger partial charge in [-0.2, -0.15) is 0 Å². The molecule has 8 rings (SSSR count). The minimum absolute atomic E-state index is 0.334. The van der Waals surface area contributed by atoms with Gasteiger partial charge in [-0.15, -0.1) is 0 Å². The van der Waals surface area contributed by atoms with E-state index >= 15 is 0 Å². The van der Waals surface area contributed by atoms with Crippen molar-refractivity contribution in [1.29, 1.82) is 0 Å². The Bertz CT molecular complexity index is 2070. The number of fused-ring (bicyclic) bond motifs is 6. The molecule has 0 fully saturated rings. The minimum Gasteiger partial charge on any atom is -0.456 e. The van der Waals surface area contributed by atoms with Gasteiger partial charge in [0, 0.05) is 59.5 Å². The van der Waals surface area contributed by atoms with Crippen molar-refractivity contribution in [3.8, 4) is 11.5 Å². The zero-order valence-corrected chi connectivity index (χ0v) is 27.1. The molecular weight excluding hydrogens is 592 g/mol. The molecule has 6 aromatic rings. The van der Waals surface area contributed by atoms with Crippen LogP contribution in [0.3, 0.4) is 0 Å². The number of hydrogen-bond acceptors (Lipinski definition) is 5. The van der Waals surface area contributed by atoms with Crippen molar-refractivity contribution in [3.05, 3.63) is 185 Å². The second-order valence-corrected chi connectivity index (χ2v) is 12.5. The molecular formula is C43H36N2O3. The predicted octanol–water partition coefficient (Wildman–Crippen LogP) is 9.93. The molecule has 236 valence electrons. The van der Waals surface area contributed by atoms with E-state index < -0.39 is 5.60 Å². The van der Waals surface area contributed by atoms with Crippen LogP contribution < -0.4 is 14.5 Å². The Morgan fingerprint density at radius 2 is 1.21 bits per heavy atom. The van der Waals surface area contributed by atoms with E-state index in [9.17, 15) is 4.79 Å².